The number of likely N-dealkylation sites (tertiary alicyclic amines) is 2. The molecule has 35 heavy (non-hydrogen) atoms. The standard InChI is InChI=1S/C25H23FN6O3/c1-2-35-21-9-20(27-18-6-4-3-5-16(18)21)25(34)32-12-14-10-31(11-15(14)13-32)24(33)17-7-8-19-23(22(17)26)29-30-28-19/h3-9,14-15H,2,10-13H2,1H3,(H,28,29,30)/t14-,15-/m0/s1. The number of fused-ring (bicyclic) bond motifs is 3. The van der Waals surface area contributed by atoms with Gasteiger partial charge in [-0.1, -0.05) is 17.3 Å². The Morgan fingerprint density at radius 1 is 1.06 bits per heavy atom. The Morgan fingerprint density at radius 3 is 2.51 bits per heavy atom. The number of H-pyrrole nitrogens is 1. The second kappa shape index (κ2) is 8.30. The number of benzene rings is 2. The van der Waals surface area contributed by atoms with Gasteiger partial charge in [0.1, 0.15) is 17.0 Å². The number of pyridine rings is 1. The highest BCUT2D eigenvalue weighted by Gasteiger charge is 2.44. The molecule has 2 saturated heterocycles. The molecule has 0 unspecified atom stereocenters. The maximum absolute atomic E-state index is 14.8. The van der Waals surface area contributed by atoms with E-state index in [9.17, 15) is 14.0 Å². The predicted molar refractivity (Wildman–Crippen MR) is 126 cm³/mol. The van der Waals surface area contributed by atoms with Crippen molar-refractivity contribution in [3.63, 3.8) is 0 Å². The summed E-state index contributed by atoms with van der Waals surface area (Å²) >= 11 is 0. The predicted octanol–water partition coefficient (Wildman–Crippen LogP) is 2.89. The number of amides is 2. The van der Waals surface area contributed by atoms with Gasteiger partial charge < -0.3 is 14.5 Å². The summed E-state index contributed by atoms with van der Waals surface area (Å²) in [5.41, 5.74) is 1.55. The second-order valence-electron chi connectivity index (χ2n) is 9.03. The number of nitrogens with one attached hydrogen (secondary N) is 1. The van der Waals surface area contributed by atoms with Gasteiger partial charge in [0.25, 0.3) is 11.8 Å². The summed E-state index contributed by atoms with van der Waals surface area (Å²) in [6.45, 7) is 4.38. The van der Waals surface area contributed by atoms with Crippen LogP contribution < -0.4 is 4.74 Å². The topological polar surface area (TPSA) is 104 Å². The van der Waals surface area contributed by atoms with E-state index in [1.54, 1.807) is 21.9 Å². The van der Waals surface area contributed by atoms with E-state index in [-0.39, 0.29) is 34.7 Å². The summed E-state index contributed by atoms with van der Waals surface area (Å²) in [7, 11) is 0. The number of carbonyl (C=O) groups excluding carboxylic acids is 2. The lowest BCUT2D eigenvalue weighted by Gasteiger charge is -2.22. The fourth-order valence-corrected chi connectivity index (χ4v) is 5.23. The molecule has 1 N–H and O–H groups in total. The van der Waals surface area contributed by atoms with Crippen LogP contribution in [0.1, 0.15) is 27.8 Å². The number of hydrogen-bond acceptors (Lipinski definition) is 6. The van der Waals surface area contributed by atoms with Crippen LogP contribution in [0.5, 0.6) is 5.75 Å². The maximum Gasteiger partial charge on any atom is 0.272 e. The van der Waals surface area contributed by atoms with Crippen molar-refractivity contribution in [1.29, 1.82) is 0 Å². The first-order valence-corrected chi connectivity index (χ1v) is 11.6. The normalized spacial score (nSPS) is 19.5. The minimum atomic E-state index is -0.664. The Morgan fingerprint density at radius 2 is 1.77 bits per heavy atom. The fourth-order valence-electron chi connectivity index (χ4n) is 5.23. The first kappa shape index (κ1) is 21.5. The van der Waals surface area contributed by atoms with Gasteiger partial charge in [-0.2, -0.15) is 0 Å². The molecule has 0 radical (unpaired) electrons. The number of ether oxygens (including phenoxy) is 1. The molecule has 0 spiro atoms. The lowest BCUT2D eigenvalue weighted by molar-refractivity contribution is 0.0733. The molecule has 0 aliphatic carbocycles. The molecule has 2 atom stereocenters. The monoisotopic (exact) mass is 474 g/mol. The van der Waals surface area contributed by atoms with Crippen molar-refractivity contribution < 1.29 is 18.7 Å². The summed E-state index contributed by atoms with van der Waals surface area (Å²) < 4.78 is 20.6. The Bertz CT molecular complexity index is 1460. The van der Waals surface area contributed by atoms with Crippen LogP contribution >= 0.6 is 0 Å². The zero-order chi connectivity index (χ0) is 24.1. The van der Waals surface area contributed by atoms with Gasteiger partial charge in [0.2, 0.25) is 0 Å². The molecule has 0 bridgehead atoms. The largest absolute Gasteiger partial charge is 0.493 e. The fraction of sp³-hybridized carbons (Fsp3) is 0.320. The van der Waals surface area contributed by atoms with E-state index in [0.29, 0.717) is 55.3 Å². The van der Waals surface area contributed by atoms with Crippen LogP contribution in [0, 0.1) is 17.7 Å². The van der Waals surface area contributed by atoms with E-state index in [2.05, 4.69) is 20.4 Å². The van der Waals surface area contributed by atoms with E-state index in [1.807, 2.05) is 31.2 Å². The van der Waals surface area contributed by atoms with Crippen LogP contribution in [0.2, 0.25) is 0 Å². The average molecular weight is 474 g/mol. The van der Waals surface area contributed by atoms with Crippen molar-refractivity contribution in [2.75, 3.05) is 32.8 Å². The van der Waals surface area contributed by atoms with Crippen molar-refractivity contribution in [1.82, 2.24) is 30.2 Å². The molecule has 2 amide bonds. The van der Waals surface area contributed by atoms with Gasteiger partial charge in [0, 0.05) is 49.5 Å². The first-order chi connectivity index (χ1) is 17.0. The molecule has 2 aliphatic heterocycles. The van der Waals surface area contributed by atoms with Crippen LogP contribution in [0.4, 0.5) is 4.39 Å². The summed E-state index contributed by atoms with van der Waals surface area (Å²) in [5, 5.41) is 10.8. The van der Waals surface area contributed by atoms with Gasteiger partial charge in [-0.25, -0.2) is 9.37 Å². The molecule has 0 saturated carbocycles. The van der Waals surface area contributed by atoms with E-state index >= 15 is 0 Å². The zero-order valence-electron chi connectivity index (χ0n) is 19.1. The van der Waals surface area contributed by atoms with Crippen molar-refractivity contribution >= 4 is 33.8 Å². The van der Waals surface area contributed by atoms with Gasteiger partial charge in [-0.15, -0.1) is 5.10 Å². The highest BCUT2D eigenvalue weighted by molar-refractivity contribution is 5.98. The molecule has 4 aromatic rings. The number of aromatic nitrogens is 4. The molecule has 178 valence electrons. The third-order valence-corrected chi connectivity index (χ3v) is 6.92. The first-order valence-electron chi connectivity index (χ1n) is 11.6. The molecule has 10 heteroatoms. The second-order valence-corrected chi connectivity index (χ2v) is 9.03. The summed E-state index contributed by atoms with van der Waals surface area (Å²) in [6, 6.07) is 12.4. The van der Waals surface area contributed by atoms with Gasteiger partial charge >= 0.3 is 0 Å². The van der Waals surface area contributed by atoms with E-state index < -0.39 is 5.82 Å². The zero-order valence-corrected chi connectivity index (χ0v) is 19.1. The van der Waals surface area contributed by atoms with Crippen LogP contribution in [0.15, 0.2) is 42.5 Å². The molecule has 4 heterocycles. The smallest absolute Gasteiger partial charge is 0.272 e. The molecule has 9 nitrogen and oxygen atoms in total. The van der Waals surface area contributed by atoms with Crippen LogP contribution in [0.25, 0.3) is 21.9 Å². The number of hydrogen-bond donors (Lipinski definition) is 1. The van der Waals surface area contributed by atoms with Gasteiger partial charge in [0.05, 0.1) is 23.2 Å². The Hall–Kier alpha value is -4.08. The third kappa shape index (κ3) is 3.56. The maximum atomic E-state index is 14.8. The number of carbonyl (C=O) groups is 2. The van der Waals surface area contributed by atoms with Crippen LogP contribution in [0.3, 0.4) is 0 Å². The molecule has 2 aromatic heterocycles. The van der Waals surface area contributed by atoms with E-state index in [0.717, 1.165) is 5.39 Å². The van der Waals surface area contributed by atoms with E-state index in [4.69, 9.17) is 4.74 Å². The van der Waals surface area contributed by atoms with Gasteiger partial charge in [-0.05, 0) is 31.2 Å². The Balaban J connectivity index is 1.18. The molecule has 2 aromatic carbocycles. The number of nitrogens with zero attached hydrogens (tertiary/aromatic N) is 5. The summed E-state index contributed by atoms with van der Waals surface area (Å²) in [5.74, 6) is -0.267. The van der Waals surface area contributed by atoms with Crippen LogP contribution in [-0.2, 0) is 0 Å². The molecular formula is C25H23FN6O3. The highest BCUT2D eigenvalue weighted by Crippen LogP contribution is 2.34. The quantitative estimate of drug-likeness (QED) is 0.488. The lowest BCUT2D eigenvalue weighted by atomic mass is 10.0. The summed E-state index contributed by atoms with van der Waals surface area (Å²) in [4.78, 5) is 34.4. The van der Waals surface area contributed by atoms with Crippen LogP contribution in [-0.4, -0.2) is 74.8 Å². The minimum absolute atomic E-state index is 0.0110. The summed E-state index contributed by atoms with van der Waals surface area (Å²) in [6.07, 6.45) is 0. The number of para-hydroxylation sites is 1. The number of aromatic amines is 1. The van der Waals surface area contributed by atoms with Gasteiger partial charge in [-0.3, -0.25) is 14.7 Å². The molecule has 6 rings (SSSR count). The van der Waals surface area contributed by atoms with Crippen molar-refractivity contribution in [3.05, 3.63) is 59.5 Å². The molecule has 2 aliphatic rings. The van der Waals surface area contributed by atoms with E-state index in [1.165, 1.54) is 6.07 Å². The minimum Gasteiger partial charge on any atom is -0.493 e. The number of halogens is 1. The Labute approximate surface area is 199 Å². The highest BCUT2D eigenvalue weighted by atomic mass is 19.1. The average Bonchev–Trinajstić information content (AvgIpc) is 3.59. The van der Waals surface area contributed by atoms with Crippen molar-refractivity contribution in [2.24, 2.45) is 11.8 Å². The van der Waals surface area contributed by atoms with Crippen molar-refractivity contribution in [2.45, 2.75) is 6.92 Å². The molecule has 2 fully saturated rings. The number of rotatable bonds is 4. The van der Waals surface area contributed by atoms with Gasteiger partial charge in [0.15, 0.2) is 5.82 Å². The molecular weight excluding hydrogens is 451 g/mol. The SMILES string of the molecule is CCOc1cc(C(=O)N2C[C@@H]3CN(C(=O)c4ccc5[nH]nnc5c4F)C[C@H]3C2)nc2ccccc12. The Kier molecular flexibility index (Phi) is 5.09. The lowest BCUT2D eigenvalue weighted by Crippen LogP contribution is -2.36. The third-order valence-electron chi connectivity index (χ3n) is 6.92. The van der Waals surface area contributed by atoms with Crippen molar-refractivity contribution in [3.8, 4) is 5.75 Å².